The van der Waals surface area contributed by atoms with E-state index in [9.17, 15) is 0 Å². The molecule has 2 unspecified atom stereocenters. The summed E-state index contributed by atoms with van der Waals surface area (Å²) in [4.78, 5) is 5.47. The maximum absolute atomic E-state index is 5.49. The van der Waals surface area contributed by atoms with Crippen molar-refractivity contribution in [1.29, 1.82) is 0 Å². The van der Waals surface area contributed by atoms with Crippen molar-refractivity contribution in [3.8, 4) is 0 Å². The van der Waals surface area contributed by atoms with Gasteiger partial charge in [0.05, 0.1) is 6.26 Å². The van der Waals surface area contributed by atoms with Crippen LogP contribution in [-0.4, -0.2) is 48.1 Å². The molecule has 20 heavy (non-hydrogen) atoms. The third-order valence-corrected chi connectivity index (χ3v) is 5.08. The average Bonchev–Trinajstić information content (AvgIpc) is 2.97. The molecule has 0 aromatic carbocycles. The summed E-state index contributed by atoms with van der Waals surface area (Å²) in [5.74, 6) is 1.85. The summed E-state index contributed by atoms with van der Waals surface area (Å²) in [6, 6.07) is 5.60. The standard InChI is InChI=1S/C17H28N2O/c1-14(2)17-13-18-9-4-3-6-15(18)12-19(17)10-8-16-7-5-11-20-16/h5,7,11,14-15,17H,3-4,6,8-10,12-13H2,1-2H3. The lowest BCUT2D eigenvalue weighted by Gasteiger charge is -2.49. The van der Waals surface area contributed by atoms with E-state index in [-0.39, 0.29) is 0 Å². The minimum absolute atomic E-state index is 0.708. The Balaban J connectivity index is 1.63. The zero-order valence-corrected chi connectivity index (χ0v) is 12.9. The minimum Gasteiger partial charge on any atom is -0.469 e. The van der Waals surface area contributed by atoms with Gasteiger partial charge in [0.15, 0.2) is 0 Å². The van der Waals surface area contributed by atoms with E-state index in [1.165, 1.54) is 38.9 Å². The van der Waals surface area contributed by atoms with Gasteiger partial charge in [0.25, 0.3) is 0 Å². The van der Waals surface area contributed by atoms with Crippen LogP contribution in [0.25, 0.3) is 0 Å². The summed E-state index contributed by atoms with van der Waals surface area (Å²) < 4.78 is 5.49. The van der Waals surface area contributed by atoms with Gasteiger partial charge in [-0.3, -0.25) is 9.80 Å². The number of piperidine rings is 1. The van der Waals surface area contributed by atoms with Crippen LogP contribution in [0.15, 0.2) is 22.8 Å². The van der Waals surface area contributed by atoms with Crippen molar-refractivity contribution in [2.45, 2.75) is 51.6 Å². The molecule has 0 amide bonds. The van der Waals surface area contributed by atoms with Gasteiger partial charge in [0.1, 0.15) is 5.76 Å². The van der Waals surface area contributed by atoms with E-state index in [2.05, 4.69) is 29.7 Å². The summed E-state index contributed by atoms with van der Waals surface area (Å²) in [6.45, 7) is 9.72. The van der Waals surface area contributed by atoms with Gasteiger partial charge in [-0.25, -0.2) is 0 Å². The predicted octanol–water partition coefficient (Wildman–Crippen LogP) is 3.02. The molecule has 112 valence electrons. The molecule has 2 aliphatic rings. The fourth-order valence-electron chi connectivity index (χ4n) is 3.87. The summed E-state index contributed by atoms with van der Waals surface area (Å²) in [7, 11) is 0. The van der Waals surface area contributed by atoms with Gasteiger partial charge < -0.3 is 4.42 Å². The highest BCUT2D eigenvalue weighted by atomic mass is 16.3. The molecule has 1 aromatic rings. The lowest BCUT2D eigenvalue weighted by molar-refractivity contribution is -0.00727. The number of hydrogen-bond donors (Lipinski definition) is 0. The Morgan fingerprint density at radius 3 is 2.95 bits per heavy atom. The lowest BCUT2D eigenvalue weighted by atomic mass is 9.92. The fraction of sp³-hybridized carbons (Fsp3) is 0.765. The van der Waals surface area contributed by atoms with Crippen LogP contribution in [0, 0.1) is 5.92 Å². The molecule has 3 heteroatoms. The first-order valence-corrected chi connectivity index (χ1v) is 8.24. The Bertz CT molecular complexity index is 401. The van der Waals surface area contributed by atoms with Crippen molar-refractivity contribution in [3.63, 3.8) is 0 Å². The molecule has 0 radical (unpaired) electrons. The summed E-state index contributed by atoms with van der Waals surface area (Å²) in [6.07, 6.45) is 7.03. The number of fused-ring (bicyclic) bond motifs is 1. The molecule has 2 saturated heterocycles. The topological polar surface area (TPSA) is 19.6 Å². The molecular weight excluding hydrogens is 248 g/mol. The Morgan fingerprint density at radius 1 is 1.30 bits per heavy atom. The molecule has 3 rings (SSSR count). The third-order valence-electron chi connectivity index (χ3n) is 5.08. The number of piperazine rings is 1. The molecule has 2 atom stereocenters. The van der Waals surface area contributed by atoms with Gasteiger partial charge in [-0.1, -0.05) is 20.3 Å². The van der Waals surface area contributed by atoms with Crippen LogP contribution < -0.4 is 0 Å². The van der Waals surface area contributed by atoms with Crippen molar-refractivity contribution >= 4 is 0 Å². The number of nitrogens with zero attached hydrogens (tertiary/aromatic N) is 2. The SMILES string of the molecule is CC(C)C1CN2CCCCC2CN1CCc1ccco1. The monoisotopic (exact) mass is 276 g/mol. The second kappa shape index (κ2) is 6.31. The molecule has 0 spiro atoms. The quantitative estimate of drug-likeness (QED) is 0.843. The van der Waals surface area contributed by atoms with Crippen molar-refractivity contribution in [1.82, 2.24) is 9.80 Å². The van der Waals surface area contributed by atoms with E-state index in [4.69, 9.17) is 4.42 Å². The molecule has 1 aromatic heterocycles. The second-order valence-electron chi connectivity index (χ2n) is 6.78. The van der Waals surface area contributed by atoms with E-state index in [1.807, 2.05) is 6.07 Å². The summed E-state index contributed by atoms with van der Waals surface area (Å²) in [5, 5.41) is 0. The Kier molecular flexibility index (Phi) is 4.47. The molecule has 0 N–H and O–H groups in total. The van der Waals surface area contributed by atoms with E-state index in [0.29, 0.717) is 6.04 Å². The van der Waals surface area contributed by atoms with E-state index in [0.717, 1.165) is 30.7 Å². The van der Waals surface area contributed by atoms with Crippen LogP contribution in [0.1, 0.15) is 38.9 Å². The Morgan fingerprint density at radius 2 is 2.20 bits per heavy atom. The normalized spacial score (nSPS) is 28.8. The fourth-order valence-corrected chi connectivity index (χ4v) is 3.87. The molecule has 0 aliphatic carbocycles. The third kappa shape index (κ3) is 3.09. The lowest BCUT2D eigenvalue weighted by Crippen LogP contribution is -2.61. The number of furan rings is 1. The summed E-state index contributed by atoms with van der Waals surface area (Å²) in [5.41, 5.74) is 0. The van der Waals surface area contributed by atoms with Crippen molar-refractivity contribution in [2.24, 2.45) is 5.92 Å². The molecule has 0 bridgehead atoms. The number of hydrogen-bond acceptors (Lipinski definition) is 3. The second-order valence-corrected chi connectivity index (χ2v) is 6.78. The van der Waals surface area contributed by atoms with E-state index < -0.39 is 0 Å². The van der Waals surface area contributed by atoms with Crippen molar-refractivity contribution in [2.75, 3.05) is 26.2 Å². The van der Waals surface area contributed by atoms with Gasteiger partial charge in [-0.05, 0) is 37.4 Å². The predicted molar refractivity (Wildman–Crippen MR) is 81.8 cm³/mol. The van der Waals surface area contributed by atoms with Crippen molar-refractivity contribution in [3.05, 3.63) is 24.2 Å². The van der Waals surface area contributed by atoms with E-state index in [1.54, 1.807) is 6.26 Å². The maximum Gasteiger partial charge on any atom is 0.105 e. The van der Waals surface area contributed by atoms with Crippen LogP contribution in [0.2, 0.25) is 0 Å². The molecule has 2 aliphatic heterocycles. The molecule has 3 heterocycles. The highest BCUT2D eigenvalue weighted by molar-refractivity contribution is 5.00. The van der Waals surface area contributed by atoms with Crippen molar-refractivity contribution < 1.29 is 4.42 Å². The number of rotatable bonds is 4. The Hall–Kier alpha value is -0.800. The van der Waals surface area contributed by atoms with E-state index >= 15 is 0 Å². The molecular formula is C17H28N2O. The summed E-state index contributed by atoms with van der Waals surface area (Å²) >= 11 is 0. The van der Waals surface area contributed by atoms with Crippen LogP contribution >= 0.6 is 0 Å². The van der Waals surface area contributed by atoms with Gasteiger partial charge in [-0.15, -0.1) is 0 Å². The molecule has 2 fully saturated rings. The minimum atomic E-state index is 0.708. The van der Waals surface area contributed by atoms with Crippen LogP contribution in [-0.2, 0) is 6.42 Å². The highest BCUT2D eigenvalue weighted by Gasteiger charge is 2.35. The average molecular weight is 276 g/mol. The first kappa shape index (κ1) is 14.2. The Labute approximate surface area is 122 Å². The zero-order chi connectivity index (χ0) is 13.9. The zero-order valence-electron chi connectivity index (χ0n) is 12.9. The first-order valence-electron chi connectivity index (χ1n) is 8.24. The van der Waals surface area contributed by atoms with Crippen LogP contribution in [0.3, 0.4) is 0 Å². The van der Waals surface area contributed by atoms with Crippen LogP contribution in [0.4, 0.5) is 0 Å². The highest BCUT2D eigenvalue weighted by Crippen LogP contribution is 2.27. The van der Waals surface area contributed by atoms with Gasteiger partial charge in [0.2, 0.25) is 0 Å². The van der Waals surface area contributed by atoms with Gasteiger partial charge in [0, 0.05) is 38.1 Å². The largest absolute Gasteiger partial charge is 0.469 e. The molecule has 3 nitrogen and oxygen atoms in total. The van der Waals surface area contributed by atoms with Gasteiger partial charge >= 0.3 is 0 Å². The maximum atomic E-state index is 5.49. The van der Waals surface area contributed by atoms with Gasteiger partial charge in [-0.2, -0.15) is 0 Å². The van der Waals surface area contributed by atoms with Crippen LogP contribution in [0.5, 0.6) is 0 Å². The smallest absolute Gasteiger partial charge is 0.105 e. The molecule has 0 saturated carbocycles. The first-order chi connectivity index (χ1) is 9.74.